The molecule has 3 N–H and O–H groups in total. The van der Waals surface area contributed by atoms with E-state index in [0.717, 1.165) is 0 Å². The van der Waals surface area contributed by atoms with Crippen LogP contribution in [0, 0.1) is 0 Å². The van der Waals surface area contributed by atoms with E-state index < -0.39 is 36.0 Å². The number of ketones is 3. The number of hydrogen-bond acceptors (Lipinski definition) is 9. The van der Waals surface area contributed by atoms with E-state index in [-0.39, 0.29) is 73.3 Å². The molecule has 0 aliphatic carbocycles. The van der Waals surface area contributed by atoms with Crippen LogP contribution in [-0.4, -0.2) is 88.3 Å². The summed E-state index contributed by atoms with van der Waals surface area (Å²) in [6.45, 7) is 8.81. The number of carbonyl (C=O) groups is 6. The van der Waals surface area contributed by atoms with Gasteiger partial charge in [-0.15, -0.1) is 19.6 Å². The first-order chi connectivity index (χ1) is 15.1. The maximum absolute atomic E-state index is 10.7. The summed E-state index contributed by atoms with van der Waals surface area (Å²) in [6.07, 6.45) is -2.34. The van der Waals surface area contributed by atoms with Crippen molar-refractivity contribution in [2.24, 2.45) is 0 Å². The molecule has 0 fully saturated rings. The quantitative estimate of drug-likeness (QED) is 0.240. The molecule has 3 amide bonds. The Morgan fingerprint density at radius 2 is 0.706 bits per heavy atom. The molecule has 3 unspecified atom stereocenters. The van der Waals surface area contributed by atoms with Crippen molar-refractivity contribution in [1.82, 2.24) is 0 Å². The van der Waals surface area contributed by atoms with Gasteiger partial charge in [0.15, 0.2) is 0 Å². The second kappa shape index (κ2) is 24.0. The average molecular weight is 530 g/mol. The first-order valence-electron chi connectivity index (χ1n) is 10.2. The van der Waals surface area contributed by atoms with Crippen molar-refractivity contribution in [3.63, 3.8) is 0 Å². The van der Waals surface area contributed by atoms with Crippen LogP contribution < -0.4 is 0 Å². The molecule has 0 bridgehead atoms. The minimum Gasteiger partial charge on any atom is -0.651 e. The Hall–Kier alpha value is -2.18. The SMILES string of the molecule is CC(=O)CC(=O)[N-]CC(C)O.CC(=O)CC(=O)[N-]CC(C)O.CC(=O)CC(=O)[N-]CC(C)O.[Fe+3]. The minimum absolute atomic E-state index is 0. The fourth-order valence-corrected chi connectivity index (χ4v) is 1.51. The standard InChI is InChI=1S/3C7H13NO3.Fe/c3*1-5(9)3-7(11)8-4-6(2)10;/h3*6,10H,3-4H2,1-2H3,(H,8,11);/q;;;+3/p-3. The third-order valence-corrected chi connectivity index (χ3v) is 2.80. The molecule has 0 aliphatic rings. The van der Waals surface area contributed by atoms with Crippen LogP contribution in [0.5, 0.6) is 0 Å². The van der Waals surface area contributed by atoms with Crippen LogP contribution in [0.4, 0.5) is 0 Å². The fraction of sp³-hybridized carbons (Fsp3) is 0.714. The molecule has 0 heterocycles. The number of nitrogens with zero attached hydrogens (tertiary/aromatic N) is 3. The van der Waals surface area contributed by atoms with Crippen LogP contribution in [0.15, 0.2) is 0 Å². The molecule has 0 aliphatic heterocycles. The van der Waals surface area contributed by atoms with E-state index in [0.29, 0.717) is 0 Å². The Morgan fingerprint density at radius 3 is 0.824 bits per heavy atom. The number of aliphatic hydroxyl groups is 3. The number of amides is 3. The second-order valence-electron chi connectivity index (χ2n) is 7.39. The molecule has 1 radical (unpaired) electrons. The Bertz CT molecular complexity index is 553. The molecule has 0 saturated heterocycles. The van der Waals surface area contributed by atoms with Gasteiger partial charge in [0.25, 0.3) is 0 Å². The summed E-state index contributed by atoms with van der Waals surface area (Å²) in [5.74, 6) is -1.99. The molecule has 0 spiro atoms. The van der Waals surface area contributed by atoms with E-state index in [1.165, 1.54) is 41.5 Å². The normalized spacial score (nSPS) is 11.9. The van der Waals surface area contributed by atoms with Crippen LogP contribution in [0.2, 0.25) is 0 Å². The zero-order valence-corrected chi connectivity index (χ0v) is 21.6. The van der Waals surface area contributed by atoms with Gasteiger partial charge < -0.3 is 45.7 Å². The van der Waals surface area contributed by atoms with Crippen molar-refractivity contribution < 1.29 is 61.2 Å². The van der Waals surface area contributed by atoms with Gasteiger partial charge in [-0.25, -0.2) is 0 Å². The van der Waals surface area contributed by atoms with E-state index in [9.17, 15) is 28.8 Å². The maximum Gasteiger partial charge on any atom is 3.00 e. The van der Waals surface area contributed by atoms with Crippen LogP contribution in [0.1, 0.15) is 60.8 Å². The van der Waals surface area contributed by atoms with Gasteiger partial charge in [-0.2, -0.15) is 0 Å². The molecule has 34 heavy (non-hydrogen) atoms. The van der Waals surface area contributed by atoms with E-state index in [4.69, 9.17) is 15.3 Å². The van der Waals surface area contributed by atoms with Crippen molar-refractivity contribution in [2.45, 2.75) is 79.1 Å². The summed E-state index contributed by atoms with van der Waals surface area (Å²) in [4.78, 5) is 63.0. The van der Waals surface area contributed by atoms with Gasteiger partial charge in [-0.3, -0.25) is 14.4 Å². The number of hydrogen-bond donors (Lipinski definition) is 3. The monoisotopic (exact) mass is 530 g/mol. The van der Waals surface area contributed by atoms with Gasteiger partial charge in [0.05, 0.1) is 17.7 Å². The molecule has 13 heteroatoms. The maximum atomic E-state index is 10.7. The summed E-state index contributed by atoms with van der Waals surface area (Å²) in [5.41, 5.74) is 0. The fourth-order valence-electron chi connectivity index (χ4n) is 1.51. The number of carbonyl (C=O) groups excluding carboxylic acids is 6. The smallest absolute Gasteiger partial charge is 0.651 e. The molecular weight excluding hydrogens is 494 g/mol. The van der Waals surface area contributed by atoms with Gasteiger partial charge in [0.1, 0.15) is 17.3 Å². The first-order valence-corrected chi connectivity index (χ1v) is 10.2. The van der Waals surface area contributed by atoms with Crippen LogP contribution in [0.25, 0.3) is 16.0 Å². The topological polar surface area (TPSA) is 205 Å². The zero-order valence-electron chi connectivity index (χ0n) is 20.5. The Balaban J connectivity index is -0.000000196. The summed E-state index contributed by atoms with van der Waals surface area (Å²) < 4.78 is 0. The van der Waals surface area contributed by atoms with E-state index in [2.05, 4.69) is 16.0 Å². The first kappa shape index (κ1) is 39.1. The van der Waals surface area contributed by atoms with Crippen LogP contribution in [-0.2, 0) is 45.8 Å². The van der Waals surface area contributed by atoms with Crippen LogP contribution in [0.3, 0.4) is 0 Å². The number of aliphatic hydroxyl groups excluding tert-OH is 3. The Morgan fingerprint density at radius 1 is 0.529 bits per heavy atom. The van der Waals surface area contributed by atoms with Gasteiger partial charge in [0, 0.05) is 37.6 Å². The van der Waals surface area contributed by atoms with E-state index in [1.54, 1.807) is 0 Å². The second-order valence-corrected chi connectivity index (χ2v) is 7.39. The van der Waals surface area contributed by atoms with Crippen molar-refractivity contribution in [2.75, 3.05) is 19.6 Å². The number of Topliss-reactive ketones (excluding diaryl/α,β-unsaturated/α-hetero) is 3. The van der Waals surface area contributed by atoms with E-state index >= 15 is 0 Å². The minimum atomic E-state index is -0.620. The zero-order chi connectivity index (χ0) is 26.6. The molecule has 12 nitrogen and oxygen atoms in total. The Kier molecular flexibility index (Phi) is 27.5. The summed E-state index contributed by atoms with van der Waals surface area (Å²) in [5, 5.41) is 36.5. The largest absolute Gasteiger partial charge is 3.00 e. The summed E-state index contributed by atoms with van der Waals surface area (Å²) in [6, 6.07) is 0. The van der Waals surface area contributed by atoms with Gasteiger partial charge >= 0.3 is 17.1 Å². The van der Waals surface area contributed by atoms with Gasteiger partial charge in [-0.05, 0) is 41.5 Å². The van der Waals surface area contributed by atoms with Crippen molar-refractivity contribution >= 4 is 35.1 Å². The third-order valence-electron chi connectivity index (χ3n) is 2.80. The molecular formula is C21H36FeN3O9. The molecule has 0 aromatic heterocycles. The van der Waals surface area contributed by atoms with Crippen molar-refractivity contribution in [1.29, 1.82) is 0 Å². The molecule has 0 saturated carbocycles. The molecule has 0 aromatic rings. The van der Waals surface area contributed by atoms with Gasteiger partial charge in [0.2, 0.25) is 0 Å². The summed E-state index contributed by atoms with van der Waals surface area (Å²) >= 11 is 0. The van der Waals surface area contributed by atoms with Crippen molar-refractivity contribution in [3.8, 4) is 0 Å². The van der Waals surface area contributed by atoms with Crippen molar-refractivity contribution in [3.05, 3.63) is 16.0 Å². The molecule has 197 valence electrons. The molecule has 0 rings (SSSR count). The predicted molar refractivity (Wildman–Crippen MR) is 121 cm³/mol. The Labute approximate surface area is 211 Å². The predicted octanol–water partition coefficient (Wildman–Crippen LogP) is 0.737. The average Bonchev–Trinajstić information content (AvgIpc) is 2.62. The third kappa shape index (κ3) is 40.2. The molecule has 0 aromatic carbocycles. The van der Waals surface area contributed by atoms with Crippen LogP contribution >= 0.6 is 0 Å². The van der Waals surface area contributed by atoms with Gasteiger partial charge in [-0.1, -0.05) is 0 Å². The number of rotatable bonds is 12. The summed E-state index contributed by atoms with van der Waals surface area (Å²) in [7, 11) is 0. The molecule has 3 atom stereocenters. The van der Waals surface area contributed by atoms with E-state index in [1.807, 2.05) is 0 Å².